The Balaban J connectivity index is 1.42. The third-order valence-electron chi connectivity index (χ3n) is 3.66. The summed E-state index contributed by atoms with van der Waals surface area (Å²) in [6.07, 6.45) is 5.78. The molecule has 6 heteroatoms. The summed E-state index contributed by atoms with van der Waals surface area (Å²) in [4.78, 5) is 4.48. The zero-order valence-corrected chi connectivity index (χ0v) is 12.0. The van der Waals surface area contributed by atoms with Crippen molar-refractivity contribution in [2.24, 2.45) is 0 Å². The summed E-state index contributed by atoms with van der Waals surface area (Å²) in [6, 6.07) is 0. The molecule has 2 aliphatic heterocycles. The fourth-order valence-electron chi connectivity index (χ4n) is 2.56. The fourth-order valence-corrected chi connectivity index (χ4v) is 3.75. The number of piperidine rings is 1. The van der Waals surface area contributed by atoms with Crippen LogP contribution in [-0.4, -0.2) is 41.7 Å². The molecule has 0 amide bonds. The molecule has 2 aliphatic rings. The molecule has 0 aromatic carbocycles. The molecular formula is C13H21N3O2S. The van der Waals surface area contributed by atoms with Gasteiger partial charge in [0.15, 0.2) is 5.82 Å². The minimum absolute atomic E-state index is 0.397. The maximum Gasteiger partial charge on any atom is 0.229 e. The average Bonchev–Trinajstić information content (AvgIpc) is 3.10. The lowest BCUT2D eigenvalue weighted by molar-refractivity contribution is 0.0322. The number of thioether (sulfide) groups is 1. The van der Waals surface area contributed by atoms with E-state index < -0.39 is 0 Å². The van der Waals surface area contributed by atoms with Crippen molar-refractivity contribution in [2.75, 3.05) is 25.4 Å². The van der Waals surface area contributed by atoms with Crippen LogP contribution in [0.25, 0.3) is 0 Å². The second-order valence-corrected chi connectivity index (χ2v) is 6.43. The monoisotopic (exact) mass is 283 g/mol. The van der Waals surface area contributed by atoms with Crippen molar-refractivity contribution >= 4 is 11.8 Å². The third-order valence-corrected chi connectivity index (χ3v) is 5.03. The zero-order valence-electron chi connectivity index (χ0n) is 11.1. The Morgan fingerprint density at radius 2 is 2.21 bits per heavy atom. The molecule has 0 spiro atoms. The Labute approximate surface area is 117 Å². The van der Waals surface area contributed by atoms with Crippen molar-refractivity contribution in [3.8, 4) is 0 Å². The van der Waals surface area contributed by atoms with Crippen LogP contribution < -0.4 is 5.32 Å². The molecule has 0 bridgehead atoms. The van der Waals surface area contributed by atoms with E-state index in [1.54, 1.807) is 0 Å². The lowest BCUT2D eigenvalue weighted by atomic mass is 10.1. The van der Waals surface area contributed by atoms with Crippen LogP contribution in [0.5, 0.6) is 0 Å². The molecule has 2 saturated heterocycles. The lowest BCUT2D eigenvalue weighted by Gasteiger charge is -2.22. The molecule has 3 heterocycles. The number of ether oxygens (including phenoxy) is 1. The van der Waals surface area contributed by atoms with Crippen molar-refractivity contribution in [1.82, 2.24) is 15.5 Å². The first-order valence-electron chi connectivity index (χ1n) is 7.18. The number of hydrogen-bond donors (Lipinski definition) is 1. The van der Waals surface area contributed by atoms with E-state index >= 15 is 0 Å². The molecule has 0 radical (unpaired) electrons. The molecule has 1 aromatic heterocycles. The van der Waals surface area contributed by atoms with Gasteiger partial charge in [0.1, 0.15) is 0 Å². The van der Waals surface area contributed by atoms with Crippen LogP contribution in [0.3, 0.4) is 0 Å². The molecule has 5 nitrogen and oxygen atoms in total. The average molecular weight is 283 g/mol. The maximum atomic E-state index is 5.85. The van der Waals surface area contributed by atoms with E-state index in [-0.39, 0.29) is 0 Å². The fraction of sp³-hybridized carbons (Fsp3) is 0.846. The van der Waals surface area contributed by atoms with Crippen LogP contribution in [0.4, 0.5) is 0 Å². The third kappa shape index (κ3) is 3.70. The van der Waals surface area contributed by atoms with Crippen molar-refractivity contribution in [3.05, 3.63) is 11.7 Å². The van der Waals surface area contributed by atoms with Gasteiger partial charge >= 0.3 is 0 Å². The highest BCUT2D eigenvalue weighted by atomic mass is 32.2. The quantitative estimate of drug-likeness (QED) is 0.891. The van der Waals surface area contributed by atoms with Gasteiger partial charge < -0.3 is 14.6 Å². The van der Waals surface area contributed by atoms with Gasteiger partial charge in [-0.25, -0.2) is 0 Å². The summed E-state index contributed by atoms with van der Waals surface area (Å²) < 4.78 is 11.1. The highest BCUT2D eigenvalue weighted by molar-refractivity contribution is 7.99. The number of rotatable bonds is 5. The van der Waals surface area contributed by atoms with Crippen LogP contribution in [-0.2, 0) is 11.2 Å². The highest BCUT2D eigenvalue weighted by Gasteiger charge is 2.23. The summed E-state index contributed by atoms with van der Waals surface area (Å²) in [5.74, 6) is 2.81. The van der Waals surface area contributed by atoms with E-state index in [0.29, 0.717) is 18.0 Å². The first kappa shape index (κ1) is 13.4. The molecular weight excluding hydrogens is 262 g/mol. The lowest BCUT2D eigenvalue weighted by Crippen LogP contribution is -2.32. The molecule has 3 rings (SSSR count). The Hall–Kier alpha value is -0.590. The van der Waals surface area contributed by atoms with Crippen LogP contribution in [0.2, 0.25) is 0 Å². The van der Waals surface area contributed by atoms with Gasteiger partial charge in [-0.15, -0.1) is 0 Å². The van der Waals surface area contributed by atoms with E-state index in [0.717, 1.165) is 44.1 Å². The maximum absolute atomic E-state index is 5.85. The highest BCUT2D eigenvalue weighted by Crippen LogP contribution is 2.38. The second-order valence-electron chi connectivity index (χ2n) is 5.12. The van der Waals surface area contributed by atoms with Crippen LogP contribution in [0.15, 0.2) is 4.52 Å². The molecule has 0 aliphatic carbocycles. The summed E-state index contributed by atoms with van der Waals surface area (Å²) in [5.41, 5.74) is 0. The Bertz CT molecular complexity index is 387. The van der Waals surface area contributed by atoms with E-state index in [1.165, 1.54) is 18.6 Å². The smallest absolute Gasteiger partial charge is 0.229 e. The van der Waals surface area contributed by atoms with Gasteiger partial charge in [0.25, 0.3) is 0 Å². The summed E-state index contributed by atoms with van der Waals surface area (Å²) >= 11 is 1.93. The molecule has 1 atom stereocenters. The summed E-state index contributed by atoms with van der Waals surface area (Å²) in [7, 11) is 0. The molecule has 0 saturated carbocycles. The van der Waals surface area contributed by atoms with E-state index in [2.05, 4.69) is 15.5 Å². The largest absolute Gasteiger partial charge is 0.378 e. The van der Waals surface area contributed by atoms with Gasteiger partial charge in [0, 0.05) is 0 Å². The Morgan fingerprint density at radius 1 is 1.32 bits per heavy atom. The summed E-state index contributed by atoms with van der Waals surface area (Å²) in [6.45, 7) is 2.81. The van der Waals surface area contributed by atoms with Crippen molar-refractivity contribution in [2.45, 2.75) is 43.5 Å². The predicted octanol–water partition coefficient (Wildman–Crippen LogP) is 1.95. The van der Waals surface area contributed by atoms with Gasteiger partial charge in [0.05, 0.1) is 24.4 Å². The van der Waals surface area contributed by atoms with Gasteiger partial charge in [-0.05, 0) is 44.5 Å². The topological polar surface area (TPSA) is 60.2 Å². The predicted molar refractivity (Wildman–Crippen MR) is 74.3 cm³/mol. The first-order valence-corrected chi connectivity index (χ1v) is 8.23. The zero-order chi connectivity index (χ0) is 12.9. The molecule has 1 unspecified atom stereocenters. The SMILES string of the molecule is C1CSC(c2noc(CCOC3CCNCC3)n2)C1. The number of aromatic nitrogens is 2. The van der Waals surface area contributed by atoms with Crippen LogP contribution in [0.1, 0.15) is 42.6 Å². The second kappa shape index (κ2) is 6.72. The van der Waals surface area contributed by atoms with Crippen molar-refractivity contribution in [3.63, 3.8) is 0 Å². The Kier molecular flexibility index (Phi) is 4.74. The summed E-state index contributed by atoms with van der Waals surface area (Å²) in [5, 5.41) is 7.87. The number of nitrogens with zero attached hydrogens (tertiary/aromatic N) is 2. The minimum Gasteiger partial charge on any atom is -0.378 e. The van der Waals surface area contributed by atoms with Gasteiger partial charge in [-0.1, -0.05) is 5.16 Å². The Morgan fingerprint density at radius 3 is 3.00 bits per heavy atom. The van der Waals surface area contributed by atoms with E-state index in [4.69, 9.17) is 9.26 Å². The minimum atomic E-state index is 0.397. The van der Waals surface area contributed by atoms with Gasteiger partial charge in [0.2, 0.25) is 5.89 Å². The van der Waals surface area contributed by atoms with Gasteiger partial charge in [-0.2, -0.15) is 16.7 Å². The van der Waals surface area contributed by atoms with Crippen LogP contribution in [0, 0.1) is 0 Å². The normalized spacial score (nSPS) is 24.9. The van der Waals surface area contributed by atoms with Gasteiger partial charge in [-0.3, -0.25) is 0 Å². The van der Waals surface area contributed by atoms with Crippen molar-refractivity contribution in [1.29, 1.82) is 0 Å². The first-order chi connectivity index (χ1) is 9.42. The molecule has 1 N–H and O–H groups in total. The molecule has 19 heavy (non-hydrogen) atoms. The molecule has 1 aromatic rings. The number of nitrogens with one attached hydrogen (secondary N) is 1. The molecule has 106 valence electrons. The number of hydrogen-bond acceptors (Lipinski definition) is 6. The standard InChI is InChI=1S/C13H21N3O2S/c1-2-11(19-9-1)13-15-12(18-16-13)5-8-17-10-3-6-14-7-4-10/h10-11,14H,1-9H2. The van der Waals surface area contributed by atoms with Crippen LogP contribution >= 0.6 is 11.8 Å². The molecule has 2 fully saturated rings. The van der Waals surface area contributed by atoms with Crippen molar-refractivity contribution < 1.29 is 9.26 Å². The van der Waals surface area contributed by atoms with E-state index in [1.807, 2.05) is 11.8 Å². The van der Waals surface area contributed by atoms with E-state index in [9.17, 15) is 0 Å².